The van der Waals surface area contributed by atoms with Gasteiger partial charge < -0.3 is 9.84 Å². The molecule has 0 aromatic heterocycles. The summed E-state index contributed by atoms with van der Waals surface area (Å²) in [6.45, 7) is 1.80. The second-order valence-corrected chi connectivity index (χ2v) is 5.12. The van der Waals surface area contributed by atoms with Gasteiger partial charge in [-0.15, -0.1) is 0 Å². The highest BCUT2D eigenvalue weighted by Crippen LogP contribution is 2.40. The second kappa shape index (κ2) is 4.34. The zero-order chi connectivity index (χ0) is 14.3. The quantitative estimate of drug-likeness (QED) is 0.865. The van der Waals surface area contributed by atoms with Gasteiger partial charge in [0, 0.05) is 0 Å². The molecular formula is C16H13FO3. The first-order valence-electron chi connectivity index (χ1n) is 6.29. The molecule has 0 fully saturated rings. The molecule has 1 unspecified atom stereocenters. The van der Waals surface area contributed by atoms with E-state index in [0.717, 1.165) is 5.56 Å². The van der Waals surface area contributed by atoms with Crippen LogP contribution in [0.5, 0.6) is 11.5 Å². The molecule has 102 valence electrons. The molecule has 1 atom stereocenters. The number of carbonyl (C=O) groups excluding carboxylic acids is 1. The molecule has 0 radical (unpaired) electrons. The van der Waals surface area contributed by atoms with Gasteiger partial charge in [0.15, 0.2) is 5.78 Å². The van der Waals surface area contributed by atoms with E-state index in [1.807, 2.05) is 0 Å². The van der Waals surface area contributed by atoms with Crippen molar-refractivity contribution in [2.24, 2.45) is 0 Å². The number of fused-ring (bicyclic) bond motifs is 1. The maximum atomic E-state index is 13.0. The lowest BCUT2D eigenvalue weighted by atomic mass is 9.85. The largest absolute Gasteiger partial charge is 0.508 e. The number of aromatic hydroxyl groups is 1. The Kier molecular flexibility index (Phi) is 2.74. The number of benzene rings is 2. The van der Waals surface area contributed by atoms with E-state index in [-0.39, 0.29) is 23.8 Å². The van der Waals surface area contributed by atoms with Crippen molar-refractivity contribution in [2.75, 3.05) is 0 Å². The molecule has 0 saturated heterocycles. The topological polar surface area (TPSA) is 46.5 Å². The highest BCUT2D eigenvalue weighted by molar-refractivity contribution is 6.00. The summed E-state index contributed by atoms with van der Waals surface area (Å²) in [6, 6.07) is 10.4. The third-order valence-corrected chi connectivity index (χ3v) is 3.55. The van der Waals surface area contributed by atoms with Crippen LogP contribution >= 0.6 is 0 Å². The van der Waals surface area contributed by atoms with Crippen molar-refractivity contribution in [3.63, 3.8) is 0 Å². The number of phenols is 1. The average molecular weight is 272 g/mol. The monoisotopic (exact) mass is 272 g/mol. The number of hydrogen-bond donors (Lipinski definition) is 1. The minimum absolute atomic E-state index is 0.0334. The first-order chi connectivity index (χ1) is 9.48. The van der Waals surface area contributed by atoms with Gasteiger partial charge in [0.05, 0.1) is 12.0 Å². The van der Waals surface area contributed by atoms with Crippen LogP contribution in [-0.4, -0.2) is 10.9 Å². The molecule has 3 nitrogen and oxygen atoms in total. The third-order valence-electron chi connectivity index (χ3n) is 3.55. The van der Waals surface area contributed by atoms with Crippen molar-refractivity contribution in [1.82, 2.24) is 0 Å². The predicted molar refractivity (Wildman–Crippen MR) is 71.4 cm³/mol. The number of Topliss-reactive ketones (excluding diaryl/α,β-unsaturated/α-hetero) is 1. The number of ketones is 1. The van der Waals surface area contributed by atoms with Crippen LogP contribution in [0.3, 0.4) is 0 Å². The van der Waals surface area contributed by atoms with E-state index in [1.165, 1.54) is 24.3 Å². The lowest BCUT2D eigenvalue weighted by Gasteiger charge is -2.35. The molecule has 2 aromatic rings. The Morgan fingerprint density at radius 3 is 2.60 bits per heavy atom. The molecule has 0 bridgehead atoms. The van der Waals surface area contributed by atoms with Crippen LogP contribution in [0, 0.1) is 5.82 Å². The molecule has 1 heterocycles. The summed E-state index contributed by atoms with van der Waals surface area (Å²) in [4.78, 5) is 12.2. The predicted octanol–water partition coefficient (Wildman–Crippen LogP) is 3.41. The fourth-order valence-electron chi connectivity index (χ4n) is 2.47. The van der Waals surface area contributed by atoms with E-state index in [4.69, 9.17) is 4.74 Å². The number of hydrogen-bond acceptors (Lipinski definition) is 3. The Hall–Kier alpha value is -2.36. The van der Waals surface area contributed by atoms with Crippen LogP contribution in [0.25, 0.3) is 0 Å². The molecular weight excluding hydrogens is 259 g/mol. The zero-order valence-electron chi connectivity index (χ0n) is 10.9. The summed E-state index contributed by atoms with van der Waals surface area (Å²) in [5.41, 5.74) is 0.296. The Morgan fingerprint density at radius 1 is 1.20 bits per heavy atom. The SMILES string of the molecule is CC1(c2ccc(F)cc2)CC(=O)c2cc(O)ccc2O1. The summed E-state index contributed by atoms with van der Waals surface area (Å²) in [5.74, 6) is 0.0377. The van der Waals surface area contributed by atoms with Gasteiger partial charge in [-0.2, -0.15) is 0 Å². The van der Waals surface area contributed by atoms with E-state index in [2.05, 4.69) is 0 Å². The van der Waals surface area contributed by atoms with Crippen molar-refractivity contribution in [2.45, 2.75) is 18.9 Å². The number of ether oxygens (including phenoxy) is 1. The minimum atomic E-state index is -0.825. The van der Waals surface area contributed by atoms with Gasteiger partial charge in [0.1, 0.15) is 22.9 Å². The van der Waals surface area contributed by atoms with Crippen molar-refractivity contribution in [1.29, 1.82) is 0 Å². The van der Waals surface area contributed by atoms with Crippen molar-refractivity contribution in [3.05, 3.63) is 59.4 Å². The Morgan fingerprint density at radius 2 is 1.90 bits per heavy atom. The molecule has 1 aliphatic rings. The summed E-state index contributed by atoms with van der Waals surface area (Å²) in [6.07, 6.45) is 0.148. The fraction of sp³-hybridized carbons (Fsp3) is 0.188. The Bertz CT molecular complexity index is 679. The Labute approximate surface area is 115 Å². The molecule has 0 saturated carbocycles. The molecule has 0 spiro atoms. The molecule has 0 amide bonds. The van der Waals surface area contributed by atoms with Gasteiger partial charge in [0.2, 0.25) is 0 Å². The maximum absolute atomic E-state index is 13.0. The van der Waals surface area contributed by atoms with Crippen LogP contribution in [0.2, 0.25) is 0 Å². The zero-order valence-corrected chi connectivity index (χ0v) is 10.9. The molecule has 1 N–H and O–H groups in total. The number of halogens is 1. The highest BCUT2D eigenvalue weighted by atomic mass is 19.1. The normalized spacial score (nSPS) is 21.2. The van der Waals surface area contributed by atoms with Gasteiger partial charge in [-0.05, 0) is 42.8 Å². The number of phenolic OH excluding ortho intramolecular Hbond substituents is 1. The first-order valence-corrected chi connectivity index (χ1v) is 6.29. The minimum Gasteiger partial charge on any atom is -0.508 e. The maximum Gasteiger partial charge on any atom is 0.171 e. The smallest absolute Gasteiger partial charge is 0.171 e. The average Bonchev–Trinajstić information content (AvgIpc) is 2.40. The first kappa shape index (κ1) is 12.7. The van der Waals surface area contributed by atoms with Crippen LogP contribution in [0.1, 0.15) is 29.3 Å². The van der Waals surface area contributed by atoms with E-state index < -0.39 is 5.60 Å². The van der Waals surface area contributed by atoms with Crippen LogP contribution < -0.4 is 4.74 Å². The summed E-state index contributed by atoms with van der Waals surface area (Å²) >= 11 is 0. The van der Waals surface area contributed by atoms with E-state index in [9.17, 15) is 14.3 Å². The molecule has 20 heavy (non-hydrogen) atoms. The highest BCUT2D eigenvalue weighted by Gasteiger charge is 2.38. The van der Waals surface area contributed by atoms with E-state index in [0.29, 0.717) is 11.3 Å². The van der Waals surface area contributed by atoms with Crippen molar-refractivity contribution in [3.8, 4) is 11.5 Å². The van der Waals surface area contributed by atoms with Gasteiger partial charge >= 0.3 is 0 Å². The van der Waals surface area contributed by atoms with Gasteiger partial charge in [-0.1, -0.05) is 12.1 Å². The van der Waals surface area contributed by atoms with Gasteiger partial charge in [-0.25, -0.2) is 4.39 Å². The molecule has 3 rings (SSSR count). The van der Waals surface area contributed by atoms with E-state index >= 15 is 0 Å². The molecule has 1 aliphatic heterocycles. The number of rotatable bonds is 1. The fourth-order valence-corrected chi connectivity index (χ4v) is 2.47. The second-order valence-electron chi connectivity index (χ2n) is 5.12. The van der Waals surface area contributed by atoms with Crippen LogP contribution in [0.4, 0.5) is 4.39 Å². The lowest BCUT2D eigenvalue weighted by Crippen LogP contribution is -2.36. The van der Waals surface area contributed by atoms with Crippen molar-refractivity contribution < 1.29 is 19.0 Å². The van der Waals surface area contributed by atoms with Crippen LogP contribution in [0.15, 0.2) is 42.5 Å². The number of carbonyl (C=O) groups is 1. The molecule has 0 aliphatic carbocycles. The summed E-state index contributed by atoms with van der Waals surface area (Å²) in [5, 5.41) is 9.43. The third kappa shape index (κ3) is 2.03. The van der Waals surface area contributed by atoms with Crippen molar-refractivity contribution >= 4 is 5.78 Å². The molecule has 2 aromatic carbocycles. The molecule has 4 heteroatoms. The van der Waals surface area contributed by atoms with E-state index in [1.54, 1.807) is 25.1 Å². The standard InChI is InChI=1S/C16H13FO3/c1-16(10-2-4-11(17)5-3-10)9-14(19)13-8-12(18)6-7-15(13)20-16/h2-8,18H,9H2,1H3. The lowest BCUT2D eigenvalue weighted by molar-refractivity contribution is 0.0502. The van der Waals surface area contributed by atoms with Gasteiger partial charge in [0.25, 0.3) is 0 Å². The summed E-state index contributed by atoms with van der Waals surface area (Å²) in [7, 11) is 0. The van der Waals surface area contributed by atoms with Crippen LogP contribution in [-0.2, 0) is 5.60 Å². The van der Waals surface area contributed by atoms with Gasteiger partial charge in [-0.3, -0.25) is 4.79 Å². The Balaban J connectivity index is 2.04. The summed E-state index contributed by atoms with van der Waals surface area (Å²) < 4.78 is 18.9.